The summed E-state index contributed by atoms with van der Waals surface area (Å²) in [5, 5.41) is 12.6. The van der Waals surface area contributed by atoms with Crippen LogP contribution in [0.25, 0.3) is 0 Å². The van der Waals surface area contributed by atoms with Crippen molar-refractivity contribution in [2.24, 2.45) is 5.41 Å². The smallest absolute Gasteiger partial charge is 0.317 e. The number of nitrogens with one attached hydrogen (secondary N) is 1. The lowest BCUT2D eigenvalue weighted by molar-refractivity contribution is -0.147. The molecule has 0 spiro atoms. The summed E-state index contributed by atoms with van der Waals surface area (Å²) in [5.41, 5.74) is 0.310. The Labute approximate surface area is 165 Å². The molecule has 1 aromatic carbocycles. The third-order valence-corrected chi connectivity index (χ3v) is 6.47. The van der Waals surface area contributed by atoms with Crippen LogP contribution < -0.4 is 10.1 Å². The third kappa shape index (κ3) is 3.55. The summed E-state index contributed by atoms with van der Waals surface area (Å²) in [7, 11) is 1.67. The van der Waals surface area contributed by atoms with Crippen molar-refractivity contribution in [2.75, 3.05) is 26.7 Å². The number of carbonyl (C=O) groups is 2. The van der Waals surface area contributed by atoms with Crippen molar-refractivity contribution in [3.63, 3.8) is 0 Å². The Kier molecular flexibility index (Phi) is 4.95. The van der Waals surface area contributed by atoms with E-state index in [-0.39, 0.29) is 24.7 Å². The number of carbonyl (C=O) groups excluding carboxylic acids is 1. The minimum absolute atomic E-state index is 0.0110. The minimum atomic E-state index is -0.848. The molecule has 28 heavy (non-hydrogen) atoms. The second-order valence-electron chi connectivity index (χ2n) is 8.57. The van der Waals surface area contributed by atoms with Crippen LogP contribution in [0, 0.1) is 5.41 Å². The maximum atomic E-state index is 12.9. The van der Waals surface area contributed by atoms with Crippen LogP contribution in [0.1, 0.15) is 44.2 Å². The number of aliphatic carboxylic acids is 1. The first-order valence-electron chi connectivity index (χ1n) is 10.1. The largest absolute Gasteiger partial charge is 0.497 e. The molecule has 4 rings (SSSR count). The van der Waals surface area contributed by atoms with Crippen LogP contribution in [0.3, 0.4) is 0 Å². The number of nitrogens with zero attached hydrogens (tertiary/aromatic N) is 2. The van der Waals surface area contributed by atoms with Gasteiger partial charge in [0.1, 0.15) is 5.75 Å². The van der Waals surface area contributed by atoms with Gasteiger partial charge < -0.3 is 20.1 Å². The number of rotatable bonds is 5. The molecule has 3 atom stereocenters. The van der Waals surface area contributed by atoms with Crippen molar-refractivity contribution in [1.29, 1.82) is 0 Å². The average Bonchev–Trinajstić information content (AvgIpc) is 3.32. The second-order valence-corrected chi connectivity index (χ2v) is 8.57. The van der Waals surface area contributed by atoms with Crippen LogP contribution in [-0.2, 0) is 4.79 Å². The topological polar surface area (TPSA) is 82.1 Å². The first kappa shape index (κ1) is 19.1. The zero-order chi connectivity index (χ0) is 19.9. The van der Waals surface area contributed by atoms with E-state index in [9.17, 15) is 14.7 Å². The molecule has 3 fully saturated rings. The lowest BCUT2D eigenvalue weighted by Gasteiger charge is -2.30. The van der Waals surface area contributed by atoms with Crippen molar-refractivity contribution in [2.45, 2.75) is 50.7 Å². The van der Waals surface area contributed by atoms with Gasteiger partial charge in [0, 0.05) is 25.7 Å². The molecule has 2 heterocycles. The number of carboxylic acid groups (broad SMARTS) is 1. The third-order valence-electron chi connectivity index (χ3n) is 6.47. The first-order chi connectivity index (χ1) is 13.4. The number of likely N-dealkylation sites (tertiary alicyclic amines) is 2. The van der Waals surface area contributed by atoms with E-state index < -0.39 is 11.4 Å². The van der Waals surface area contributed by atoms with Crippen LogP contribution in [0.4, 0.5) is 4.79 Å². The summed E-state index contributed by atoms with van der Waals surface area (Å²) in [5.74, 6) is -0.0141. The molecular formula is C21H29N3O4. The predicted octanol–water partition coefficient (Wildman–Crippen LogP) is 2.48. The van der Waals surface area contributed by atoms with Gasteiger partial charge in [-0.05, 0) is 50.3 Å². The SMILES string of the molecule is COc1cccc(C2C(NC(=O)N3CCC(C)(C(=O)O)C3)CCN2C2CC2)c1. The van der Waals surface area contributed by atoms with Crippen LogP contribution in [0.15, 0.2) is 24.3 Å². The summed E-state index contributed by atoms with van der Waals surface area (Å²) in [4.78, 5) is 28.5. The summed E-state index contributed by atoms with van der Waals surface area (Å²) >= 11 is 0. The fraction of sp³-hybridized carbons (Fsp3) is 0.619. The molecule has 2 amide bonds. The highest BCUT2D eigenvalue weighted by Gasteiger charge is 2.46. The van der Waals surface area contributed by atoms with Gasteiger partial charge in [-0.2, -0.15) is 0 Å². The Balaban J connectivity index is 1.49. The van der Waals surface area contributed by atoms with E-state index in [2.05, 4.69) is 22.3 Å². The molecular weight excluding hydrogens is 358 g/mol. The Bertz CT molecular complexity index is 766. The van der Waals surface area contributed by atoms with Crippen LogP contribution in [-0.4, -0.2) is 65.7 Å². The fourth-order valence-electron chi connectivity index (χ4n) is 4.59. The quantitative estimate of drug-likeness (QED) is 0.811. The highest BCUT2D eigenvalue weighted by atomic mass is 16.5. The van der Waals surface area contributed by atoms with Gasteiger partial charge >= 0.3 is 12.0 Å². The summed E-state index contributed by atoms with van der Waals surface area (Å²) < 4.78 is 5.40. The molecule has 2 N–H and O–H groups in total. The summed E-state index contributed by atoms with van der Waals surface area (Å²) in [6, 6.07) is 8.67. The molecule has 1 saturated carbocycles. The molecule has 1 aromatic rings. The highest BCUT2D eigenvalue weighted by molar-refractivity contribution is 5.79. The molecule has 152 valence electrons. The predicted molar refractivity (Wildman–Crippen MR) is 104 cm³/mol. The molecule has 7 heteroatoms. The summed E-state index contributed by atoms with van der Waals surface area (Å²) in [6.45, 7) is 3.42. The molecule has 3 aliphatic rings. The number of carboxylic acids is 1. The van der Waals surface area contributed by atoms with Crippen LogP contribution >= 0.6 is 0 Å². The van der Waals surface area contributed by atoms with E-state index in [0.29, 0.717) is 19.0 Å². The molecule has 1 aliphatic carbocycles. The maximum Gasteiger partial charge on any atom is 0.317 e. The van der Waals surface area contributed by atoms with E-state index in [1.165, 1.54) is 12.8 Å². The Morgan fingerprint density at radius 3 is 2.68 bits per heavy atom. The van der Waals surface area contributed by atoms with Gasteiger partial charge in [-0.15, -0.1) is 0 Å². The van der Waals surface area contributed by atoms with Crippen molar-refractivity contribution < 1.29 is 19.4 Å². The lowest BCUT2D eigenvalue weighted by Crippen LogP contribution is -2.47. The first-order valence-corrected chi connectivity index (χ1v) is 10.1. The monoisotopic (exact) mass is 387 g/mol. The van der Waals surface area contributed by atoms with Crippen molar-refractivity contribution >= 4 is 12.0 Å². The highest BCUT2D eigenvalue weighted by Crippen LogP contribution is 2.42. The molecule has 0 radical (unpaired) electrons. The average molecular weight is 387 g/mol. The van der Waals surface area contributed by atoms with E-state index in [1.807, 2.05) is 12.1 Å². The van der Waals surface area contributed by atoms with Gasteiger partial charge in [-0.1, -0.05) is 12.1 Å². The number of urea groups is 1. The number of hydrogen-bond acceptors (Lipinski definition) is 4. The van der Waals surface area contributed by atoms with Crippen molar-refractivity contribution in [3.8, 4) is 5.75 Å². The zero-order valence-corrected chi connectivity index (χ0v) is 16.6. The number of hydrogen-bond donors (Lipinski definition) is 2. The van der Waals surface area contributed by atoms with E-state index in [4.69, 9.17) is 4.74 Å². The second kappa shape index (κ2) is 7.28. The minimum Gasteiger partial charge on any atom is -0.497 e. The number of benzene rings is 1. The molecule has 2 aliphatic heterocycles. The molecule has 2 saturated heterocycles. The van der Waals surface area contributed by atoms with Gasteiger partial charge in [0.15, 0.2) is 0 Å². The number of ether oxygens (including phenoxy) is 1. The summed E-state index contributed by atoms with van der Waals surface area (Å²) in [6.07, 6.45) is 3.82. The standard InChI is InChI=1S/C21H29N3O4/c1-21(19(25)26)9-11-23(13-21)20(27)22-17-8-10-24(15-6-7-15)18(17)14-4-3-5-16(12-14)28-2/h3-5,12,15,17-18H,6-11,13H2,1-2H3,(H,22,27)(H,25,26). The number of amides is 2. The van der Waals surface area contributed by atoms with E-state index in [1.54, 1.807) is 18.9 Å². The van der Waals surface area contributed by atoms with E-state index in [0.717, 1.165) is 24.3 Å². The van der Waals surface area contributed by atoms with Gasteiger partial charge in [0.05, 0.1) is 24.6 Å². The van der Waals surface area contributed by atoms with Gasteiger partial charge in [0.25, 0.3) is 0 Å². The normalized spacial score (nSPS) is 30.4. The lowest BCUT2D eigenvalue weighted by atomic mass is 9.90. The van der Waals surface area contributed by atoms with Crippen LogP contribution in [0.2, 0.25) is 0 Å². The van der Waals surface area contributed by atoms with Gasteiger partial charge in [-0.25, -0.2) is 4.79 Å². The van der Waals surface area contributed by atoms with Crippen LogP contribution in [0.5, 0.6) is 5.75 Å². The fourth-order valence-corrected chi connectivity index (χ4v) is 4.59. The Morgan fingerprint density at radius 2 is 2.04 bits per heavy atom. The molecule has 7 nitrogen and oxygen atoms in total. The maximum absolute atomic E-state index is 12.9. The molecule has 3 unspecified atom stereocenters. The van der Waals surface area contributed by atoms with Gasteiger partial charge in [-0.3, -0.25) is 9.69 Å². The molecule has 0 bridgehead atoms. The Morgan fingerprint density at radius 1 is 1.25 bits per heavy atom. The van der Waals surface area contributed by atoms with Gasteiger partial charge in [0.2, 0.25) is 0 Å². The van der Waals surface area contributed by atoms with Crippen molar-refractivity contribution in [1.82, 2.24) is 15.1 Å². The molecule has 0 aromatic heterocycles. The number of methoxy groups -OCH3 is 1. The van der Waals surface area contributed by atoms with E-state index >= 15 is 0 Å². The Hall–Kier alpha value is -2.28. The van der Waals surface area contributed by atoms with Crippen molar-refractivity contribution in [3.05, 3.63) is 29.8 Å². The zero-order valence-electron chi connectivity index (χ0n) is 16.6.